The standard InChI is InChI=1S/C25H22N4O4/c1-15-6-9-21-20(12-15)28(10-11-32-21)23(31)14-29-19-5-3-2-4-17(19)18(13-22(29)30)25-26-24(27-33-25)16-7-8-16/h2-6,9,12-13,16H,7-8,10-11,14H2,1H3. The van der Waals surface area contributed by atoms with Crippen molar-refractivity contribution in [3.63, 3.8) is 0 Å². The Morgan fingerprint density at radius 2 is 2.00 bits per heavy atom. The molecule has 0 saturated heterocycles. The summed E-state index contributed by atoms with van der Waals surface area (Å²) < 4.78 is 12.7. The normalized spacial score (nSPS) is 15.4. The lowest BCUT2D eigenvalue weighted by Gasteiger charge is -2.30. The molecule has 0 spiro atoms. The predicted molar refractivity (Wildman–Crippen MR) is 123 cm³/mol. The highest BCUT2D eigenvalue weighted by Crippen LogP contribution is 2.39. The molecule has 0 bridgehead atoms. The highest BCUT2D eigenvalue weighted by molar-refractivity contribution is 5.97. The van der Waals surface area contributed by atoms with Crippen LogP contribution in [-0.2, 0) is 11.3 Å². The number of anilines is 1. The van der Waals surface area contributed by atoms with E-state index in [-0.39, 0.29) is 18.0 Å². The number of ether oxygens (including phenoxy) is 1. The average molecular weight is 442 g/mol. The molecule has 3 heterocycles. The van der Waals surface area contributed by atoms with Crippen molar-refractivity contribution < 1.29 is 14.1 Å². The topological polar surface area (TPSA) is 90.5 Å². The van der Waals surface area contributed by atoms with Gasteiger partial charge in [-0.05, 0) is 43.5 Å². The van der Waals surface area contributed by atoms with E-state index in [1.165, 1.54) is 10.6 Å². The van der Waals surface area contributed by atoms with Crippen molar-refractivity contribution in [1.29, 1.82) is 0 Å². The number of rotatable bonds is 4. The maximum absolute atomic E-state index is 13.3. The minimum absolute atomic E-state index is 0.0792. The van der Waals surface area contributed by atoms with E-state index in [0.717, 1.165) is 29.5 Å². The second-order valence-electron chi connectivity index (χ2n) is 8.60. The van der Waals surface area contributed by atoms with Crippen LogP contribution in [0.4, 0.5) is 5.69 Å². The molecule has 2 aromatic carbocycles. The Balaban J connectivity index is 1.39. The smallest absolute Gasteiger partial charge is 0.258 e. The van der Waals surface area contributed by atoms with Crippen LogP contribution in [-0.4, -0.2) is 33.8 Å². The van der Waals surface area contributed by atoms with Gasteiger partial charge < -0.3 is 14.2 Å². The number of carbonyl (C=O) groups is 1. The summed E-state index contributed by atoms with van der Waals surface area (Å²) in [6.07, 6.45) is 2.13. The van der Waals surface area contributed by atoms with Gasteiger partial charge in [-0.15, -0.1) is 0 Å². The highest BCUT2D eigenvalue weighted by Gasteiger charge is 2.30. The molecule has 6 rings (SSSR count). The zero-order chi connectivity index (χ0) is 22.5. The third-order valence-corrected chi connectivity index (χ3v) is 6.21. The lowest BCUT2D eigenvalue weighted by atomic mass is 10.1. The summed E-state index contributed by atoms with van der Waals surface area (Å²) in [6, 6.07) is 14.7. The van der Waals surface area contributed by atoms with E-state index in [1.54, 1.807) is 4.90 Å². The molecular formula is C25H22N4O4. The molecule has 166 valence electrons. The fourth-order valence-corrected chi connectivity index (χ4v) is 4.33. The number of nitrogens with zero attached hydrogens (tertiary/aromatic N) is 4. The van der Waals surface area contributed by atoms with E-state index in [1.807, 2.05) is 49.4 Å². The van der Waals surface area contributed by atoms with Crippen LogP contribution in [0.5, 0.6) is 5.75 Å². The molecule has 1 amide bonds. The van der Waals surface area contributed by atoms with Crippen LogP contribution in [0.3, 0.4) is 0 Å². The van der Waals surface area contributed by atoms with Crippen LogP contribution >= 0.6 is 0 Å². The van der Waals surface area contributed by atoms with E-state index in [9.17, 15) is 9.59 Å². The first-order valence-corrected chi connectivity index (χ1v) is 11.1. The molecule has 0 N–H and O–H groups in total. The molecule has 2 aliphatic rings. The van der Waals surface area contributed by atoms with Crippen molar-refractivity contribution in [2.45, 2.75) is 32.2 Å². The Morgan fingerprint density at radius 1 is 1.15 bits per heavy atom. The molecule has 0 atom stereocenters. The molecule has 0 radical (unpaired) electrons. The molecule has 1 aliphatic heterocycles. The monoisotopic (exact) mass is 442 g/mol. The lowest BCUT2D eigenvalue weighted by Crippen LogP contribution is -2.41. The first-order chi connectivity index (χ1) is 16.1. The van der Waals surface area contributed by atoms with Crippen LogP contribution in [0, 0.1) is 6.92 Å². The lowest BCUT2D eigenvalue weighted by molar-refractivity contribution is -0.119. The van der Waals surface area contributed by atoms with Crippen molar-refractivity contribution in [2.75, 3.05) is 18.1 Å². The van der Waals surface area contributed by atoms with E-state index in [0.29, 0.717) is 47.6 Å². The van der Waals surface area contributed by atoms with Gasteiger partial charge in [0.15, 0.2) is 5.82 Å². The predicted octanol–water partition coefficient (Wildman–Crippen LogP) is 3.66. The van der Waals surface area contributed by atoms with Crippen molar-refractivity contribution in [3.8, 4) is 17.2 Å². The van der Waals surface area contributed by atoms with Gasteiger partial charge in [-0.25, -0.2) is 0 Å². The summed E-state index contributed by atoms with van der Waals surface area (Å²) in [4.78, 5) is 32.7. The maximum Gasteiger partial charge on any atom is 0.258 e. The van der Waals surface area contributed by atoms with Crippen molar-refractivity contribution in [3.05, 3.63) is 70.3 Å². The van der Waals surface area contributed by atoms with Crippen LogP contribution in [0.25, 0.3) is 22.4 Å². The average Bonchev–Trinajstić information content (AvgIpc) is 3.57. The van der Waals surface area contributed by atoms with Gasteiger partial charge in [-0.3, -0.25) is 14.2 Å². The summed E-state index contributed by atoms with van der Waals surface area (Å²) in [7, 11) is 0. The fourth-order valence-electron chi connectivity index (χ4n) is 4.33. The summed E-state index contributed by atoms with van der Waals surface area (Å²) in [5.41, 5.74) is 2.72. The van der Waals surface area contributed by atoms with E-state index in [2.05, 4.69) is 10.1 Å². The van der Waals surface area contributed by atoms with Gasteiger partial charge in [0.25, 0.3) is 11.4 Å². The van der Waals surface area contributed by atoms with Crippen molar-refractivity contribution in [1.82, 2.24) is 14.7 Å². The highest BCUT2D eigenvalue weighted by atomic mass is 16.5. The van der Waals surface area contributed by atoms with Gasteiger partial charge in [0.05, 0.1) is 23.3 Å². The van der Waals surface area contributed by atoms with E-state index in [4.69, 9.17) is 9.26 Å². The van der Waals surface area contributed by atoms with Gasteiger partial charge in [-0.1, -0.05) is 29.4 Å². The van der Waals surface area contributed by atoms with Gasteiger partial charge >= 0.3 is 0 Å². The minimum atomic E-state index is -0.291. The van der Waals surface area contributed by atoms with E-state index >= 15 is 0 Å². The largest absolute Gasteiger partial charge is 0.490 e. The van der Waals surface area contributed by atoms with Gasteiger partial charge in [0, 0.05) is 17.4 Å². The van der Waals surface area contributed by atoms with Crippen LogP contribution in [0.1, 0.15) is 30.1 Å². The Hall–Kier alpha value is -3.94. The number of amides is 1. The Kier molecular flexibility index (Phi) is 4.53. The second-order valence-corrected chi connectivity index (χ2v) is 8.60. The summed E-state index contributed by atoms with van der Waals surface area (Å²) in [5, 5.41) is 4.87. The second kappa shape index (κ2) is 7.58. The number of pyridine rings is 1. The number of hydrogen-bond donors (Lipinski definition) is 0. The molecule has 8 nitrogen and oxygen atoms in total. The number of carbonyl (C=O) groups excluding carboxylic acids is 1. The Bertz CT molecular complexity index is 1450. The number of benzene rings is 2. The van der Waals surface area contributed by atoms with Gasteiger partial charge in [-0.2, -0.15) is 4.98 Å². The summed E-state index contributed by atoms with van der Waals surface area (Å²) >= 11 is 0. The number of aromatic nitrogens is 3. The fraction of sp³-hybridized carbons (Fsp3) is 0.280. The van der Waals surface area contributed by atoms with Crippen LogP contribution in [0.15, 0.2) is 57.8 Å². The van der Waals surface area contributed by atoms with Crippen LogP contribution < -0.4 is 15.2 Å². The minimum Gasteiger partial charge on any atom is -0.490 e. The van der Waals surface area contributed by atoms with Gasteiger partial charge in [0.2, 0.25) is 5.91 Å². The summed E-state index contributed by atoms with van der Waals surface area (Å²) in [5.74, 6) is 1.89. The first kappa shape index (κ1) is 19.7. The van der Waals surface area contributed by atoms with Crippen molar-refractivity contribution in [2.24, 2.45) is 0 Å². The molecule has 1 fully saturated rings. The molecule has 1 saturated carbocycles. The van der Waals surface area contributed by atoms with Crippen molar-refractivity contribution >= 4 is 22.5 Å². The molecule has 2 aromatic heterocycles. The molecule has 1 aliphatic carbocycles. The van der Waals surface area contributed by atoms with Crippen LogP contribution in [0.2, 0.25) is 0 Å². The Morgan fingerprint density at radius 3 is 2.85 bits per heavy atom. The van der Waals surface area contributed by atoms with E-state index < -0.39 is 0 Å². The zero-order valence-electron chi connectivity index (χ0n) is 18.2. The summed E-state index contributed by atoms with van der Waals surface area (Å²) in [6.45, 7) is 2.74. The third kappa shape index (κ3) is 3.47. The molecule has 33 heavy (non-hydrogen) atoms. The zero-order valence-corrected chi connectivity index (χ0v) is 18.2. The molecular weight excluding hydrogens is 420 g/mol. The third-order valence-electron chi connectivity index (χ3n) is 6.21. The quantitative estimate of drug-likeness (QED) is 0.479. The molecule has 0 unspecified atom stereocenters. The first-order valence-electron chi connectivity index (χ1n) is 11.1. The SMILES string of the molecule is Cc1ccc2c(c1)N(C(=O)Cn1c(=O)cc(-c3nc(C4CC4)no3)c3ccccc31)CCO2. The number of hydrogen-bond acceptors (Lipinski definition) is 6. The Labute approximate surface area is 189 Å². The number of fused-ring (bicyclic) bond motifs is 2. The maximum atomic E-state index is 13.3. The molecule has 4 aromatic rings. The van der Waals surface area contributed by atoms with Gasteiger partial charge in [0.1, 0.15) is 18.9 Å². The number of aryl methyl sites for hydroxylation is 1. The number of para-hydroxylation sites is 1. The molecule has 8 heteroatoms.